The van der Waals surface area contributed by atoms with Gasteiger partial charge in [0.1, 0.15) is 11.6 Å². The molecule has 0 aliphatic carbocycles. The van der Waals surface area contributed by atoms with E-state index in [0.717, 1.165) is 57.1 Å². The average Bonchev–Trinajstić information content (AvgIpc) is 3.21. The van der Waals surface area contributed by atoms with E-state index in [4.69, 9.17) is 0 Å². The Morgan fingerprint density at radius 1 is 1.21 bits per heavy atom. The first kappa shape index (κ1) is 15.3. The molecule has 1 unspecified atom stereocenters. The molecule has 0 radical (unpaired) electrons. The first-order chi connectivity index (χ1) is 11.8. The molecular formula is C17H22N6O. The van der Waals surface area contributed by atoms with Gasteiger partial charge in [-0.1, -0.05) is 0 Å². The molecule has 2 aromatic heterocycles. The minimum atomic E-state index is -0.0207. The smallest absolute Gasteiger partial charge is 0.251 e. The van der Waals surface area contributed by atoms with Crippen LogP contribution in [0.1, 0.15) is 41.3 Å². The van der Waals surface area contributed by atoms with Crippen LogP contribution < -0.4 is 5.32 Å². The molecule has 2 aliphatic heterocycles. The number of aromatic nitrogens is 4. The molecule has 7 heteroatoms. The van der Waals surface area contributed by atoms with Gasteiger partial charge < -0.3 is 9.88 Å². The highest BCUT2D eigenvalue weighted by Crippen LogP contribution is 2.18. The molecule has 4 heterocycles. The van der Waals surface area contributed by atoms with Gasteiger partial charge in [-0.25, -0.2) is 0 Å². The van der Waals surface area contributed by atoms with Crippen molar-refractivity contribution in [1.29, 1.82) is 0 Å². The van der Waals surface area contributed by atoms with Crippen LogP contribution in [0.25, 0.3) is 0 Å². The normalized spacial score (nSPS) is 20.8. The summed E-state index contributed by atoms with van der Waals surface area (Å²) < 4.78 is 2.25. The van der Waals surface area contributed by atoms with Gasteiger partial charge in [-0.15, -0.1) is 10.2 Å². The average molecular weight is 326 g/mol. The summed E-state index contributed by atoms with van der Waals surface area (Å²) in [5, 5.41) is 11.8. The van der Waals surface area contributed by atoms with Gasteiger partial charge in [0.15, 0.2) is 0 Å². The van der Waals surface area contributed by atoms with Crippen molar-refractivity contribution in [2.45, 2.75) is 44.8 Å². The molecule has 0 saturated carbocycles. The Labute approximate surface area is 141 Å². The summed E-state index contributed by atoms with van der Waals surface area (Å²) in [6.45, 7) is 3.76. The molecule has 1 amide bonds. The van der Waals surface area contributed by atoms with Gasteiger partial charge >= 0.3 is 0 Å². The highest BCUT2D eigenvalue weighted by Gasteiger charge is 2.24. The van der Waals surface area contributed by atoms with Gasteiger partial charge in [0, 0.05) is 43.5 Å². The number of rotatable bonds is 4. The molecule has 1 N–H and O–H groups in total. The lowest BCUT2D eigenvalue weighted by Crippen LogP contribution is -2.47. The van der Waals surface area contributed by atoms with E-state index < -0.39 is 0 Å². The number of carbonyl (C=O) groups excluding carboxylic acids is 1. The van der Waals surface area contributed by atoms with Crippen molar-refractivity contribution < 1.29 is 4.79 Å². The van der Waals surface area contributed by atoms with Gasteiger partial charge in [-0.3, -0.25) is 14.7 Å². The number of pyridine rings is 1. The third-order valence-electron chi connectivity index (χ3n) is 4.83. The van der Waals surface area contributed by atoms with Gasteiger partial charge in [-0.05, 0) is 37.9 Å². The SMILES string of the molecule is O=C(NC1CCCN(Cc2nnc3n2CCC3)C1)c1ccncc1. The lowest BCUT2D eigenvalue weighted by molar-refractivity contribution is 0.0899. The van der Waals surface area contributed by atoms with Crippen molar-refractivity contribution in [3.05, 3.63) is 41.7 Å². The number of likely N-dealkylation sites (tertiary alicyclic amines) is 1. The zero-order chi connectivity index (χ0) is 16.4. The maximum Gasteiger partial charge on any atom is 0.251 e. The summed E-state index contributed by atoms with van der Waals surface area (Å²) in [5.41, 5.74) is 0.664. The van der Waals surface area contributed by atoms with E-state index in [1.54, 1.807) is 24.5 Å². The maximum absolute atomic E-state index is 12.3. The predicted molar refractivity (Wildman–Crippen MR) is 88.3 cm³/mol. The number of nitrogens with one attached hydrogen (secondary N) is 1. The molecule has 24 heavy (non-hydrogen) atoms. The molecular weight excluding hydrogens is 304 g/mol. The second kappa shape index (κ2) is 6.68. The van der Waals surface area contributed by atoms with Crippen molar-refractivity contribution >= 4 is 5.91 Å². The van der Waals surface area contributed by atoms with Crippen molar-refractivity contribution in [2.75, 3.05) is 13.1 Å². The van der Waals surface area contributed by atoms with Crippen molar-refractivity contribution in [2.24, 2.45) is 0 Å². The number of carbonyl (C=O) groups is 1. The van der Waals surface area contributed by atoms with Crippen LogP contribution in [0.4, 0.5) is 0 Å². The summed E-state index contributed by atoms with van der Waals surface area (Å²) in [7, 11) is 0. The Morgan fingerprint density at radius 3 is 2.96 bits per heavy atom. The van der Waals surface area contributed by atoms with Crippen molar-refractivity contribution in [3.63, 3.8) is 0 Å². The highest BCUT2D eigenvalue weighted by atomic mass is 16.1. The van der Waals surface area contributed by atoms with Crippen LogP contribution >= 0.6 is 0 Å². The van der Waals surface area contributed by atoms with E-state index in [2.05, 4.69) is 30.0 Å². The molecule has 0 aromatic carbocycles. The van der Waals surface area contributed by atoms with Crippen LogP contribution in [0.3, 0.4) is 0 Å². The van der Waals surface area contributed by atoms with Gasteiger partial charge in [0.2, 0.25) is 0 Å². The molecule has 1 atom stereocenters. The summed E-state index contributed by atoms with van der Waals surface area (Å²) in [4.78, 5) is 18.6. The highest BCUT2D eigenvalue weighted by molar-refractivity contribution is 5.94. The Balaban J connectivity index is 1.36. The number of hydrogen-bond acceptors (Lipinski definition) is 5. The molecule has 7 nitrogen and oxygen atoms in total. The van der Waals surface area contributed by atoms with E-state index in [0.29, 0.717) is 5.56 Å². The van der Waals surface area contributed by atoms with Gasteiger partial charge in [0.05, 0.1) is 6.54 Å². The summed E-state index contributed by atoms with van der Waals surface area (Å²) in [6, 6.07) is 3.67. The van der Waals surface area contributed by atoms with E-state index in [-0.39, 0.29) is 11.9 Å². The lowest BCUT2D eigenvalue weighted by Gasteiger charge is -2.32. The minimum Gasteiger partial charge on any atom is -0.348 e. The van der Waals surface area contributed by atoms with Crippen LogP contribution in [0.5, 0.6) is 0 Å². The van der Waals surface area contributed by atoms with Crippen molar-refractivity contribution in [3.8, 4) is 0 Å². The maximum atomic E-state index is 12.3. The topological polar surface area (TPSA) is 75.9 Å². The quantitative estimate of drug-likeness (QED) is 0.907. The molecule has 2 aliphatic rings. The Hall–Kier alpha value is -2.28. The van der Waals surface area contributed by atoms with Gasteiger partial charge in [0.25, 0.3) is 5.91 Å². The third-order valence-corrected chi connectivity index (χ3v) is 4.83. The first-order valence-electron chi connectivity index (χ1n) is 8.64. The minimum absolute atomic E-state index is 0.0207. The van der Waals surface area contributed by atoms with Crippen LogP contribution in [0, 0.1) is 0 Å². The number of aryl methyl sites for hydroxylation is 1. The molecule has 1 saturated heterocycles. The summed E-state index contributed by atoms with van der Waals surface area (Å²) in [5.74, 6) is 2.15. The zero-order valence-electron chi connectivity index (χ0n) is 13.7. The van der Waals surface area contributed by atoms with E-state index in [9.17, 15) is 4.79 Å². The fourth-order valence-corrected chi connectivity index (χ4v) is 3.62. The van der Waals surface area contributed by atoms with Gasteiger partial charge in [-0.2, -0.15) is 0 Å². The zero-order valence-corrected chi connectivity index (χ0v) is 13.7. The Kier molecular flexibility index (Phi) is 4.25. The molecule has 4 rings (SSSR count). The fraction of sp³-hybridized carbons (Fsp3) is 0.529. The predicted octanol–water partition coefficient (Wildman–Crippen LogP) is 1.01. The first-order valence-corrected chi connectivity index (χ1v) is 8.64. The number of nitrogens with zero attached hydrogens (tertiary/aromatic N) is 5. The van der Waals surface area contributed by atoms with Crippen LogP contribution in [0.2, 0.25) is 0 Å². The Morgan fingerprint density at radius 2 is 2.08 bits per heavy atom. The number of fused-ring (bicyclic) bond motifs is 1. The van der Waals surface area contributed by atoms with Crippen LogP contribution in [0.15, 0.2) is 24.5 Å². The van der Waals surface area contributed by atoms with Crippen LogP contribution in [-0.4, -0.2) is 49.7 Å². The van der Waals surface area contributed by atoms with Crippen molar-refractivity contribution in [1.82, 2.24) is 30.0 Å². The second-order valence-corrected chi connectivity index (χ2v) is 6.57. The Bertz CT molecular complexity index is 713. The lowest BCUT2D eigenvalue weighted by atomic mass is 10.1. The second-order valence-electron chi connectivity index (χ2n) is 6.57. The number of amides is 1. The summed E-state index contributed by atoms with van der Waals surface area (Å²) >= 11 is 0. The van der Waals surface area contributed by atoms with E-state index in [1.165, 1.54) is 6.42 Å². The fourth-order valence-electron chi connectivity index (χ4n) is 3.62. The summed E-state index contributed by atoms with van der Waals surface area (Å²) in [6.07, 6.45) is 7.61. The molecule has 0 bridgehead atoms. The standard InChI is InChI=1S/C17H22N6O/c24-17(13-5-7-18-8-6-13)19-14-3-1-9-22(11-14)12-16-21-20-15-4-2-10-23(15)16/h5-8,14H,1-4,9-12H2,(H,19,24). The van der Waals surface area contributed by atoms with E-state index >= 15 is 0 Å². The largest absolute Gasteiger partial charge is 0.348 e. The molecule has 0 spiro atoms. The number of hydrogen-bond donors (Lipinski definition) is 1. The molecule has 2 aromatic rings. The molecule has 126 valence electrons. The van der Waals surface area contributed by atoms with E-state index in [1.807, 2.05) is 0 Å². The third kappa shape index (κ3) is 3.17. The molecule has 1 fully saturated rings. The number of piperidine rings is 1. The monoisotopic (exact) mass is 326 g/mol. The van der Waals surface area contributed by atoms with Crippen LogP contribution in [-0.2, 0) is 19.5 Å².